The van der Waals surface area contributed by atoms with E-state index >= 15 is 0 Å². The lowest BCUT2D eigenvalue weighted by atomic mass is 10.1. The van der Waals surface area contributed by atoms with E-state index in [1.807, 2.05) is 12.1 Å². The summed E-state index contributed by atoms with van der Waals surface area (Å²) in [6.45, 7) is 0. The number of amides is 1. The smallest absolute Gasteiger partial charge is 0.279 e. The normalized spacial score (nSPS) is 12.7. The molecule has 0 unspecified atom stereocenters. The number of aromatic hydroxyl groups is 1. The van der Waals surface area contributed by atoms with Gasteiger partial charge in [0.05, 0.1) is 30.8 Å². The fourth-order valence-electron chi connectivity index (χ4n) is 2.99. The molecule has 136 valence electrons. The molecule has 0 fully saturated rings. The molecule has 6 nitrogen and oxygen atoms in total. The maximum Gasteiger partial charge on any atom is 0.279 e. The number of hydrogen-bond acceptors (Lipinski definition) is 6. The largest absolute Gasteiger partial charge is 0.497 e. The monoisotopic (exact) mass is 398 g/mol. The van der Waals surface area contributed by atoms with Gasteiger partial charge in [-0.2, -0.15) is 0 Å². The van der Waals surface area contributed by atoms with E-state index in [0.717, 1.165) is 11.3 Å². The van der Waals surface area contributed by atoms with Gasteiger partial charge >= 0.3 is 0 Å². The van der Waals surface area contributed by atoms with Crippen molar-refractivity contribution in [1.82, 2.24) is 4.57 Å². The Hall–Kier alpha value is -2.97. The Kier molecular flexibility index (Phi) is 4.29. The third kappa shape index (κ3) is 2.73. The van der Waals surface area contributed by atoms with Crippen molar-refractivity contribution >= 4 is 35.0 Å². The molecule has 27 heavy (non-hydrogen) atoms. The minimum atomic E-state index is -0.392. The van der Waals surface area contributed by atoms with Crippen LogP contribution in [0.3, 0.4) is 0 Å². The summed E-state index contributed by atoms with van der Waals surface area (Å²) in [7, 11) is 3.08. The number of carbonyl (C=O) groups is 1. The molecule has 0 atom stereocenters. The third-order valence-corrected chi connectivity index (χ3v) is 5.63. The summed E-state index contributed by atoms with van der Waals surface area (Å²) in [5, 5.41) is 12.2. The zero-order chi connectivity index (χ0) is 19.1. The van der Waals surface area contributed by atoms with Gasteiger partial charge in [0, 0.05) is 11.3 Å². The summed E-state index contributed by atoms with van der Waals surface area (Å²) in [5.41, 5.74) is 0.907. The van der Waals surface area contributed by atoms with Crippen molar-refractivity contribution in [3.05, 3.63) is 61.9 Å². The highest BCUT2D eigenvalue weighted by Crippen LogP contribution is 2.38. The number of aromatic nitrogens is 1. The molecule has 0 saturated carbocycles. The van der Waals surface area contributed by atoms with Gasteiger partial charge in [-0.1, -0.05) is 18.2 Å². The Balaban J connectivity index is 1.97. The van der Waals surface area contributed by atoms with Crippen molar-refractivity contribution in [2.24, 2.45) is 4.99 Å². The van der Waals surface area contributed by atoms with Crippen molar-refractivity contribution in [2.75, 3.05) is 14.2 Å². The average molecular weight is 398 g/mol. The highest BCUT2D eigenvalue weighted by molar-refractivity contribution is 7.73. The predicted octanol–water partition coefficient (Wildman–Crippen LogP) is 2.35. The molecule has 1 aromatic heterocycles. The highest BCUT2D eigenvalue weighted by atomic mass is 32.1. The van der Waals surface area contributed by atoms with Crippen LogP contribution >= 0.6 is 23.6 Å². The van der Waals surface area contributed by atoms with Crippen LogP contribution in [-0.4, -0.2) is 29.8 Å². The maximum absolute atomic E-state index is 12.5. The van der Waals surface area contributed by atoms with Crippen LogP contribution in [0, 0.1) is 3.95 Å². The number of methoxy groups -OCH3 is 2. The van der Waals surface area contributed by atoms with Gasteiger partial charge < -0.3 is 14.6 Å². The molecule has 3 aromatic rings. The van der Waals surface area contributed by atoms with Crippen molar-refractivity contribution in [1.29, 1.82) is 0 Å². The Bertz CT molecular complexity index is 1260. The van der Waals surface area contributed by atoms with Crippen LogP contribution in [-0.2, 0) is 4.79 Å². The molecule has 1 amide bonds. The van der Waals surface area contributed by atoms with Gasteiger partial charge in [-0.15, -0.1) is 11.3 Å². The SMILES string of the molecule is COc1ccc(-n2c(O)c(C3=c4ccccc4=NC3=O)sc2=S)c(OC)c1. The van der Waals surface area contributed by atoms with Gasteiger partial charge in [0.1, 0.15) is 16.4 Å². The first-order valence-electron chi connectivity index (χ1n) is 7.95. The molecule has 0 radical (unpaired) electrons. The van der Waals surface area contributed by atoms with Crippen molar-refractivity contribution in [2.45, 2.75) is 0 Å². The van der Waals surface area contributed by atoms with Crippen LogP contribution < -0.4 is 20.0 Å². The summed E-state index contributed by atoms with van der Waals surface area (Å²) < 4.78 is 12.5. The first-order chi connectivity index (χ1) is 13.0. The number of rotatable bonds is 4. The summed E-state index contributed by atoms with van der Waals surface area (Å²) in [5.74, 6) is 0.586. The Morgan fingerprint density at radius 3 is 2.67 bits per heavy atom. The van der Waals surface area contributed by atoms with Crippen LogP contribution in [0.4, 0.5) is 0 Å². The minimum absolute atomic E-state index is 0.122. The summed E-state index contributed by atoms with van der Waals surface area (Å²) >= 11 is 6.62. The number of nitrogens with zero attached hydrogens (tertiary/aromatic N) is 2. The van der Waals surface area contributed by atoms with Gasteiger partial charge in [-0.05, 0) is 30.4 Å². The van der Waals surface area contributed by atoms with Gasteiger partial charge in [-0.3, -0.25) is 9.36 Å². The molecule has 1 aliphatic heterocycles. The van der Waals surface area contributed by atoms with Crippen LogP contribution in [0.5, 0.6) is 17.4 Å². The lowest BCUT2D eigenvalue weighted by Crippen LogP contribution is -2.22. The van der Waals surface area contributed by atoms with Gasteiger partial charge in [0.2, 0.25) is 5.88 Å². The van der Waals surface area contributed by atoms with Gasteiger partial charge in [-0.25, -0.2) is 4.99 Å². The average Bonchev–Trinajstić information content (AvgIpc) is 3.16. The van der Waals surface area contributed by atoms with Crippen LogP contribution in [0.2, 0.25) is 0 Å². The maximum atomic E-state index is 12.5. The lowest BCUT2D eigenvalue weighted by molar-refractivity contribution is -0.112. The van der Waals surface area contributed by atoms with Gasteiger partial charge in [0.25, 0.3) is 5.91 Å². The molecule has 0 spiro atoms. The van der Waals surface area contributed by atoms with E-state index in [0.29, 0.717) is 42.2 Å². The molecule has 8 heteroatoms. The molecule has 0 saturated heterocycles. The number of thiazole rings is 1. The van der Waals surface area contributed by atoms with Crippen molar-refractivity contribution in [3.8, 4) is 23.1 Å². The standard InChI is InChI=1S/C19H14N2O4S2/c1-24-10-7-8-13(14(9-10)25-2)21-18(23)16(27-19(21)26)15-11-5-3-4-6-12(11)20-17(15)22/h3-9,23H,1-2H3. The first kappa shape index (κ1) is 17.4. The van der Waals surface area contributed by atoms with E-state index < -0.39 is 5.91 Å². The van der Waals surface area contributed by atoms with E-state index in [1.165, 1.54) is 11.7 Å². The zero-order valence-corrected chi connectivity index (χ0v) is 16.1. The number of carbonyl (C=O) groups excluding carboxylic acids is 1. The van der Waals surface area contributed by atoms with E-state index in [1.54, 1.807) is 37.4 Å². The zero-order valence-electron chi connectivity index (χ0n) is 14.4. The molecule has 1 N–H and O–H groups in total. The van der Waals surface area contributed by atoms with Gasteiger partial charge in [0.15, 0.2) is 3.95 Å². The van der Waals surface area contributed by atoms with Crippen molar-refractivity contribution in [3.63, 3.8) is 0 Å². The number of fused-ring (bicyclic) bond motifs is 1. The Morgan fingerprint density at radius 2 is 1.93 bits per heavy atom. The van der Waals surface area contributed by atoms with Crippen LogP contribution in [0.25, 0.3) is 11.3 Å². The summed E-state index contributed by atoms with van der Waals surface area (Å²) in [6, 6.07) is 12.4. The number of para-hydroxylation sites is 1. The molecule has 1 aliphatic rings. The number of hydrogen-bond donors (Lipinski definition) is 1. The van der Waals surface area contributed by atoms with Crippen molar-refractivity contribution < 1.29 is 19.4 Å². The Morgan fingerprint density at radius 1 is 1.15 bits per heavy atom. The number of ether oxygens (including phenoxy) is 2. The van der Waals surface area contributed by atoms with E-state index in [4.69, 9.17) is 21.7 Å². The quantitative estimate of drug-likeness (QED) is 0.683. The second-order valence-electron chi connectivity index (χ2n) is 5.70. The Labute approximate surface area is 163 Å². The minimum Gasteiger partial charge on any atom is -0.497 e. The molecule has 0 aliphatic carbocycles. The summed E-state index contributed by atoms with van der Waals surface area (Å²) in [6.07, 6.45) is 0. The molecule has 2 heterocycles. The van der Waals surface area contributed by atoms with E-state index in [9.17, 15) is 9.90 Å². The van der Waals surface area contributed by atoms with Crippen LogP contribution in [0.1, 0.15) is 4.88 Å². The van der Waals surface area contributed by atoms with Crippen LogP contribution in [0.15, 0.2) is 47.5 Å². The summed E-state index contributed by atoms with van der Waals surface area (Å²) in [4.78, 5) is 16.9. The number of benzene rings is 2. The second kappa shape index (κ2) is 6.64. The van der Waals surface area contributed by atoms with E-state index in [-0.39, 0.29) is 5.88 Å². The van der Waals surface area contributed by atoms with E-state index in [2.05, 4.69) is 4.99 Å². The highest BCUT2D eigenvalue weighted by Gasteiger charge is 2.26. The molecular weight excluding hydrogens is 384 g/mol. The molecule has 2 aromatic carbocycles. The predicted molar refractivity (Wildman–Crippen MR) is 104 cm³/mol. The topological polar surface area (TPSA) is 73.0 Å². The lowest BCUT2D eigenvalue weighted by Gasteiger charge is -2.12. The molecule has 4 rings (SSSR count). The molecular formula is C19H14N2O4S2. The second-order valence-corrected chi connectivity index (χ2v) is 7.35. The fourth-order valence-corrected chi connectivity index (χ4v) is 4.36. The fraction of sp³-hybridized carbons (Fsp3) is 0.105. The third-order valence-electron chi connectivity index (χ3n) is 4.25. The molecule has 0 bridgehead atoms. The first-order valence-corrected chi connectivity index (χ1v) is 9.17.